The fourth-order valence-corrected chi connectivity index (χ4v) is 1.81. The first kappa shape index (κ1) is 15.6. The zero-order valence-corrected chi connectivity index (χ0v) is 11.2. The van der Waals surface area contributed by atoms with E-state index in [0.29, 0.717) is 11.6 Å². The maximum Gasteiger partial charge on any atom is 0.422 e. The van der Waals surface area contributed by atoms with E-state index in [0.717, 1.165) is 12.8 Å². The number of aromatic nitrogens is 1. The number of nitrogens with one attached hydrogen (secondary N) is 1. The molecule has 1 atom stereocenters. The molecule has 1 heterocycles. The van der Waals surface area contributed by atoms with Gasteiger partial charge in [0.2, 0.25) is 11.8 Å². The van der Waals surface area contributed by atoms with Crippen molar-refractivity contribution < 1.29 is 22.7 Å². The first-order valence-corrected chi connectivity index (χ1v) is 6.54. The van der Waals surface area contributed by atoms with Crippen LogP contribution in [0.5, 0.6) is 5.88 Å². The highest BCUT2D eigenvalue weighted by molar-refractivity contribution is 5.90. The molecule has 0 bridgehead atoms. The lowest BCUT2D eigenvalue weighted by Crippen LogP contribution is -2.28. The zero-order valence-electron chi connectivity index (χ0n) is 11.2. The van der Waals surface area contributed by atoms with Crippen molar-refractivity contribution in [3.63, 3.8) is 0 Å². The van der Waals surface area contributed by atoms with Crippen LogP contribution in [0.4, 0.5) is 18.9 Å². The van der Waals surface area contributed by atoms with Gasteiger partial charge in [0.05, 0.1) is 11.9 Å². The Balaban J connectivity index is 1.79. The third-order valence-electron chi connectivity index (χ3n) is 3.05. The van der Waals surface area contributed by atoms with Crippen molar-refractivity contribution >= 4 is 11.6 Å². The number of alkyl halides is 3. The maximum atomic E-state index is 12.0. The van der Waals surface area contributed by atoms with Gasteiger partial charge >= 0.3 is 6.18 Å². The van der Waals surface area contributed by atoms with E-state index in [-0.39, 0.29) is 24.2 Å². The second kappa shape index (κ2) is 6.30. The molecule has 1 aliphatic carbocycles. The summed E-state index contributed by atoms with van der Waals surface area (Å²) in [5, 5.41) is 2.60. The van der Waals surface area contributed by atoms with Gasteiger partial charge in [0.1, 0.15) is 0 Å². The molecule has 21 heavy (non-hydrogen) atoms. The van der Waals surface area contributed by atoms with Crippen molar-refractivity contribution in [3.05, 3.63) is 18.3 Å². The van der Waals surface area contributed by atoms with E-state index >= 15 is 0 Å². The van der Waals surface area contributed by atoms with E-state index in [9.17, 15) is 18.0 Å². The number of amides is 1. The summed E-state index contributed by atoms with van der Waals surface area (Å²) in [6.45, 7) is -1.40. The molecule has 0 aliphatic heterocycles. The number of halogens is 3. The van der Waals surface area contributed by atoms with Gasteiger partial charge in [-0.1, -0.05) is 0 Å². The molecule has 0 aromatic carbocycles. The van der Waals surface area contributed by atoms with Crippen molar-refractivity contribution in [1.82, 2.24) is 4.98 Å². The second-order valence-electron chi connectivity index (χ2n) is 5.04. The van der Waals surface area contributed by atoms with Crippen LogP contribution in [0.25, 0.3) is 0 Å². The number of hydrogen-bond acceptors (Lipinski definition) is 4. The van der Waals surface area contributed by atoms with E-state index in [2.05, 4.69) is 15.0 Å². The number of ether oxygens (including phenoxy) is 1. The summed E-state index contributed by atoms with van der Waals surface area (Å²) in [5.41, 5.74) is 6.23. The molecule has 1 amide bonds. The highest BCUT2D eigenvalue weighted by atomic mass is 19.4. The van der Waals surface area contributed by atoms with Crippen LogP contribution in [0.2, 0.25) is 0 Å². The van der Waals surface area contributed by atoms with Gasteiger partial charge in [-0.2, -0.15) is 13.2 Å². The van der Waals surface area contributed by atoms with Gasteiger partial charge in [-0.15, -0.1) is 0 Å². The lowest BCUT2D eigenvalue weighted by Gasteiger charge is -2.11. The van der Waals surface area contributed by atoms with Gasteiger partial charge in [-0.25, -0.2) is 4.98 Å². The average Bonchev–Trinajstić information content (AvgIpc) is 3.21. The van der Waals surface area contributed by atoms with Crippen LogP contribution in [0.15, 0.2) is 18.3 Å². The molecule has 1 fully saturated rings. The third kappa shape index (κ3) is 5.58. The van der Waals surface area contributed by atoms with Crippen LogP contribution >= 0.6 is 0 Å². The standard InChI is InChI=1S/C13H16F3N3O2/c14-13(15,16)7-21-12-4-3-9(6-18-12)19-11(20)5-10(17)8-1-2-8/h3-4,6,8,10H,1-2,5,7,17H2,(H,19,20). The summed E-state index contributed by atoms with van der Waals surface area (Å²) in [6.07, 6.45) is -0.834. The summed E-state index contributed by atoms with van der Waals surface area (Å²) in [6, 6.07) is 2.55. The van der Waals surface area contributed by atoms with Gasteiger partial charge in [0.15, 0.2) is 6.61 Å². The number of hydrogen-bond donors (Lipinski definition) is 2. The molecule has 1 aromatic rings. The summed E-state index contributed by atoms with van der Waals surface area (Å²) >= 11 is 0. The minimum atomic E-state index is -4.41. The van der Waals surface area contributed by atoms with Crippen molar-refractivity contribution in [3.8, 4) is 5.88 Å². The fourth-order valence-electron chi connectivity index (χ4n) is 1.81. The molecule has 5 nitrogen and oxygen atoms in total. The Labute approximate surface area is 119 Å². The third-order valence-corrected chi connectivity index (χ3v) is 3.05. The Morgan fingerprint density at radius 1 is 1.48 bits per heavy atom. The lowest BCUT2D eigenvalue weighted by molar-refractivity contribution is -0.154. The van der Waals surface area contributed by atoms with Crippen LogP contribution in [-0.4, -0.2) is 29.7 Å². The minimum absolute atomic E-state index is 0.146. The molecule has 0 spiro atoms. The molecular weight excluding hydrogens is 287 g/mol. The summed E-state index contributed by atoms with van der Waals surface area (Å²) in [5.74, 6) is 0.0344. The lowest BCUT2D eigenvalue weighted by atomic mass is 10.1. The van der Waals surface area contributed by atoms with Crippen LogP contribution in [0.3, 0.4) is 0 Å². The largest absolute Gasteiger partial charge is 0.468 e. The van der Waals surface area contributed by atoms with E-state index in [1.807, 2.05) is 0 Å². The second-order valence-corrected chi connectivity index (χ2v) is 5.04. The monoisotopic (exact) mass is 303 g/mol. The van der Waals surface area contributed by atoms with Crippen molar-refractivity contribution in [2.24, 2.45) is 11.7 Å². The Morgan fingerprint density at radius 3 is 2.71 bits per heavy atom. The predicted octanol–water partition coefficient (Wildman–Crippen LogP) is 2.09. The van der Waals surface area contributed by atoms with Crippen molar-refractivity contribution in [1.29, 1.82) is 0 Å². The van der Waals surface area contributed by atoms with Gasteiger partial charge in [-0.05, 0) is 24.8 Å². The Bertz CT molecular complexity index is 486. The Kier molecular flexibility index (Phi) is 4.66. The van der Waals surface area contributed by atoms with Crippen LogP contribution < -0.4 is 15.8 Å². The normalized spacial score (nSPS) is 16.4. The molecule has 1 aliphatic rings. The molecular formula is C13H16F3N3O2. The van der Waals surface area contributed by atoms with Crippen LogP contribution in [0.1, 0.15) is 19.3 Å². The van der Waals surface area contributed by atoms with Crippen LogP contribution in [-0.2, 0) is 4.79 Å². The van der Waals surface area contributed by atoms with Crippen LogP contribution in [0, 0.1) is 5.92 Å². The number of carbonyl (C=O) groups is 1. The molecule has 0 saturated heterocycles. The molecule has 2 rings (SSSR count). The predicted molar refractivity (Wildman–Crippen MR) is 69.7 cm³/mol. The zero-order chi connectivity index (χ0) is 15.5. The number of nitrogens with zero attached hydrogens (tertiary/aromatic N) is 1. The van der Waals surface area contributed by atoms with E-state index < -0.39 is 12.8 Å². The van der Waals surface area contributed by atoms with Gasteiger partial charge in [-0.3, -0.25) is 4.79 Å². The maximum absolute atomic E-state index is 12.0. The minimum Gasteiger partial charge on any atom is -0.468 e. The van der Waals surface area contributed by atoms with E-state index in [1.54, 1.807) is 0 Å². The summed E-state index contributed by atoms with van der Waals surface area (Å²) in [4.78, 5) is 15.4. The van der Waals surface area contributed by atoms with Gasteiger partial charge in [0.25, 0.3) is 0 Å². The molecule has 8 heteroatoms. The number of anilines is 1. The highest BCUT2D eigenvalue weighted by Gasteiger charge is 2.30. The SMILES string of the molecule is NC(CC(=O)Nc1ccc(OCC(F)(F)F)nc1)C1CC1. The number of rotatable bonds is 6. The van der Waals surface area contributed by atoms with E-state index in [4.69, 9.17) is 5.73 Å². The number of carbonyl (C=O) groups excluding carboxylic acids is 1. The summed E-state index contributed by atoms with van der Waals surface area (Å²) in [7, 11) is 0. The average molecular weight is 303 g/mol. The van der Waals surface area contributed by atoms with Gasteiger partial charge < -0.3 is 15.8 Å². The Hall–Kier alpha value is -1.83. The first-order valence-electron chi connectivity index (χ1n) is 6.54. The number of nitrogens with two attached hydrogens (primary N) is 1. The number of pyridine rings is 1. The van der Waals surface area contributed by atoms with Crippen molar-refractivity contribution in [2.75, 3.05) is 11.9 Å². The first-order chi connectivity index (χ1) is 9.83. The van der Waals surface area contributed by atoms with Crippen molar-refractivity contribution in [2.45, 2.75) is 31.5 Å². The molecule has 1 unspecified atom stereocenters. The molecule has 116 valence electrons. The highest BCUT2D eigenvalue weighted by Crippen LogP contribution is 2.32. The topological polar surface area (TPSA) is 77.2 Å². The smallest absolute Gasteiger partial charge is 0.422 e. The molecule has 0 radical (unpaired) electrons. The van der Waals surface area contributed by atoms with Gasteiger partial charge in [0, 0.05) is 18.5 Å². The molecule has 3 N–H and O–H groups in total. The molecule has 1 aromatic heterocycles. The Morgan fingerprint density at radius 2 is 2.19 bits per heavy atom. The summed E-state index contributed by atoms with van der Waals surface area (Å²) < 4.78 is 40.4. The van der Waals surface area contributed by atoms with E-state index in [1.165, 1.54) is 18.3 Å². The fraction of sp³-hybridized carbons (Fsp3) is 0.538. The molecule has 1 saturated carbocycles. The quantitative estimate of drug-likeness (QED) is 0.843.